The van der Waals surface area contributed by atoms with Crippen molar-refractivity contribution in [1.29, 1.82) is 0 Å². The Morgan fingerprint density at radius 3 is 2.41 bits per heavy atom. The largest absolute Gasteiger partial charge is 0.426 e. The molecule has 3 unspecified atom stereocenters. The van der Waals surface area contributed by atoms with Crippen molar-refractivity contribution < 1.29 is 14.6 Å². The van der Waals surface area contributed by atoms with Gasteiger partial charge in [0.1, 0.15) is 5.75 Å². The summed E-state index contributed by atoms with van der Waals surface area (Å²) in [5, 5.41) is 12.9. The minimum atomic E-state index is -0.724. The summed E-state index contributed by atoms with van der Waals surface area (Å²) < 4.78 is 5.82. The van der Waals surface area contributed by atoms with Crippen LogP contribution in [0, 0.1) is 29.6 Å². The average molecular weight is 385 g/mol. The lowest BCUT2D eigenvalue weighted by Gasteiger charge is -2.59. The fourth-order valence-corrected chi connectivity index (χ4v) is 9.03. The number of fused-ring (bicyclic) bond motifs is 2. The second-order valence-corrected chi connectivity index (χ2v) is 11.3. The molecule has 0 aromatic heterocycles. The number of rotatable bonds is 3. The zero-order valence-electron chi connectivity index (χ0n) is 15.7. The number of hydrogen-bond donors (Lipinski definition) is 1. The van der Waals surface area contributed by atoms with Gasteiger partial charge in [-0.25, -0.2) is 0 Å². The van der Waals surface area contributed by atoms with Crippen LogP contribution in [-0.2, 0) is 10.4 Å². The van der Waals surface area contributed by atoms with Crippen LogP contribution in [0.5, 0.6) is 5.75 Å². The van der Waals surface area contributed by atoms with Crippen molar-refractivity contribution in [3.63, 3.8) is 0 Å². The molecule has 27 heavy (non-hydrogen) atoms. The number of thioether (sulfide) groups is 1. The minimum absolute atomic E-state index is 0.0571. The van der Waals surface area contributed by atoms with E-state index in [0.717, 1.165) is 55.9 Å². The van der Waals surface area contributed by atoms with E-state index in [1.807, 2.05) is 36.0 Å². The Morgan fingerprint density at radius 1 is 1.04 bits per heavy atom. The summed E-state index contributed by atoms with van der Waals surface area (Å²) in [5.41, 5.74) is 0.252. The SMILES string of the molecule is O=C(Oc1cccc(C2(O)C3CC4CC(C3)CC2C4)c1)C1CC2CCC1S2. The Morgan fingerprint density at radius 2 is 1.78 bits per heavy atom. The van der Waals surface area contributed by atoms with Crippen molar-refractivity contribution in [2.45, 2.75) is 67.5 Å². The highest BCUT2D eigenvalue weighted by Crippen LogP contribution is 2.62. The Kier molecular flexibility index (Phi) is 3.76. The third-order valence-corrected chi connectivity index (χ3v) is 10.0. The van der Waals surface area contributed by atoms with Crippen molar-refractivity contribution in [2.75, 3.05) is 0 Å². The molecule has 0 spiro atoms. The lowest BCUT2D eigenvalue weighted by molar-refractivity contribution is -0.179. The van der Waals surface area contributed by atoms with Crippen molar-refractivity contribution in [1.82, 2.24) is 0 Å². The highest BCUT2D eigenvalue weighted by atomic mass is 32.2. The smallest absolute Gasteiger partial charge is 0.315 e. The zero-order valence-corrected chi connectivity index (χ0v) is 16.5. The summed E-state index contributed by atoms with van der Waals surface area (Å²) in [6.07, 6.45) is 9.41. The fraction of sp³-hybridized carbons (Fsp3) is 0.696. The lowest BCUT2D eigenvalue weighted by atomic mass is 9.48. The molecule has 1 aromatic carbocycles. The molecule has 4 saturated carbocycles. The molecule has 6 fully saturated rings. The number of carbonyl (C=O) groups is 1. The third kappa shape index (κ3) is 2.55. The minimum Gasteiger partial charge on any atom is -0.426 e. The highest BCUT2D eigenvalue weighted by molar-refractivity contribution is 8.01. The molecule has 2 aliphatic heterocycles. The van der Waals surface area contributed by atoms with Crippen molar-refractivity contribution >= 4 is 17.7 Å². The van der Waals surface area contributed by atoms with Crippen LogP contribution in [0.1, 0.15) is 56.9 Å². The number of carbonyl (C=O) groups excluding carboxylic acids is 1. The maximum atomic E-state index is 12.7. The maximum Gasteiger partial charge on any atom is 0.315 e. The topological polar surface area (TPSA) is 46.5 Å². The van der Waals surface area contributed by atoms with E-state index >= 15 is 0 Å². The summed E-state index contributed by atoms with van der Waals surface area (Å²) >= 11 is 1.98. The van der Waals surface area contributed by atoms with Gasteiger partial charge in [-0.1, -0.05) is 12.1 Å². The quantitative estimate of drug-likeness (QED) is 0.615. The molecule has 3 nitrogen and oxygen atoms in total. The zero-order chi connectivity index (χ0) is 18.2. The molecule has 2 heterocycles. The highest BCUT2D eigenvalue weighted by Gasteiger charge is 2.57. The molecular weight excluding hydrogens is 356 g/mol. The van der Waals surface area contributed by atoms with Crippen molar-refractivity contribution in [2.24, 2.45) is 29.6 Å². The van der Waals surface area contributed by atoms with Crippen LogP contribution >= 0.6 is 11.8 Å². The first-order chi connectivity index (χ1) is 13.1. The Hall–Kier alpha value is -1.00. The summed E-state index contributed by atoms with van der Waals surface area (Å²) in [6, 6.07) is 7.84. The molecule has 4 heteroatoms. The third-order valence-electron chi connectivity index (χ3n) is 8.31. The van der Waals surface area contributed by atoms with Gasteiger partial charge in [-0.15, -0.1) is 0 Å². The number of benzene rings is 1. The maximum absolute atomic E-state index is 12.7. The summed E-state index contributed by atoms with van der Waals surface area (Å²) in [6.45, 7) is 0. The molecule has 2 saturated heterocycles. The van der Waals surface area contributed by atoms with E-state index in [9.17, 15) is 9.90 Å². The van der Waals surface area contributed by atoms with Crippen LogP contribution < -0.4 is 4.74 Å². The van der Waals surface area contributed by atoms with Gasteiger partial charge in [0.25, 0.3) is 0 Å². The molecule has 144 valence electrons. The first-order valence-corrected chi connectivity index (χ1v) is 11.7. The number of ether oxygens (including phenoxy) is 1. The number of esters is 1. The predicted molar refractivity (Wildman–Crippen MR) is 106 cm³/mol. The van der Waals surface area contributed by atoms with E-state index in [0.29, 0.717) is 28.1 Å². The van der Waals surface area contributed by atoms with E-state index in [2.05, 4.69) is 0 Å². The summed E-state index contributed by atoms with van der Waals surface area (Å²) in [7, 11) is 0. The van der Waals surface area contributed by atoms with Crippen LogP contribution in [0.2, 0.25) is 0 Å². The molecule has 6 aliphatic rings. The molecule has 4 aliphatic carbocycles. The van der Waals surface area contributed by atoms with Gasteiger partial charge in [-0.05, 0) is 92.7 Å². The second-order valence-electron chi connectivity index (χ2n) is 9.79. The van der Waals surface area contributed by atoms with Gasteiger partial charge in [-0.2, -0.15) is 11.8 Å². The first-order valence-electron chi connectivity index (χ1n) is 10.8. The van der Waals surface area contributed by atoms with Crippen LogP contribution in [0.15, 0.2) is 24.3 Å². The summed E-state index contributed by atoms with van der Waals surface area (Å²) in [5.74, 6) is 3.01. The summed E-state index contributed by atoms with van der Waals surface area (Å²) in [4.78, 5) is 12.7. The van der Waals surface area contributed by atoms with Crippen LogP contribution in [0.25, 0.3) is 0 Å². The number of hydrogen-bond acceptors (Lipinski definition) is 4. The van der Waals surface area contributed by atoms with Gasteiger partial charge in [0, 0.05) is 10.5 Å². The van der Waals surface area contributed by atoms with Crippen LogP contribution in [0.4, 0.5) is 0 Å². The Balaban J connectivity index is 1.24. The van der Waals surface area contributed by atoms with E-state index < -0.39 is 5.60 Å². The van der Waals surface area contributed by atoms with Crippen molar-refractivity contribution in [3.05, 3.63) is 29.8 Å². The Labute approximate surface area is 165 Å². The predicted octanol–water partition coefficient (Wildman–Crippen LogP) is 4.52. The van der Waals surface area contributed by atoms with E-state index in [4.69, 9.17) is 4.74 Å². The molecule has 3 atom stereocenters. The molecule has 1 aromatic rings. The second kappa shape index (κ2) is 6.00. The normalized spacial score (nSPS) is 46.8. The van der Waals surface area contributed by atoms with Gasteiger partial charge in [0.2, 0.25) is 0 Å². The van der Waals surface area contributed by atoms with Gasteiger partial charge < -0.3 is 9.84 Å². The molecule has 7 rings (SSSR count). The fourth-order valence-electron chi connectivity index (χ4n) is 7.26. The van der Waals surface area contributed by atoms with Crippen molar-refractivity contribution in [3.8, 4) is 5.75 Å². The van der Waals surface area contributed by atoms with Crippen LogP contribution in [0.3, 0.4) is 0 Å². The van der Waals surface area contributed by atoms with Gasteiger partial charge in [-0.3, -0.25) is 4.79 Å². The molecule has 0 amide bonds. The van der Waals surface area contributed by atoms with Gasteiger partial charge in [0.05, 0.1) is 11.5 Å². The van der Waals surface area contributed by atoms with Gasteiger partial charge in [0.15, 0.2) is 0 Å². The molecule has 1 N–H and O–H groups in total. The monoisotopic (exact) mass is 384 g/mol. The van der Waals surface area contributed by atoms with E-state index in [-0.39, 0.29) is 11.9 Å². The van der Waals surface area contributed by atoms with Crippen LogP contribution in [-0.4, -0.2) is 21.6 Å². The number of aliphatic hydroxyl groups is 1. The molecular formula is C23H28O3S. The molecule has 0 radical (unpaired) electrons. The van der Waals surface area contributed by atoms with E-state index in [1.54, 1.807) is 0 Å². The Bertz CT molecular complexity index is 747. The standard InChI is InChI=1S/C23H28O3S/c24-22(20-12-19-4-5-21(20)27-19)26-18-3-1-2-15(11-18)23(25)16-7-13-6-14(9-16)10-17(23)8-13/h1-3,11,13-14,16-17,19-21,25H,4-10,12H2. The van der Waals surface area contributed by atoms with E-state index in [1.165, 1.54) is 12.8 Å². The average Bonchev–Trinajstić information content (AvgIpc) is 3.29. The lowest BCUT2D eigenvalue weighted by Crippen LogP contribution is -2.55. The van der Waals surface area contributed by atoms with Gasteiger partial charge >= 0.3 is 5.97 Å². The first kappa shape index (κ1) is 16.9. The molecule has 6 bridgehead atoms.